The molecule has 2 aliphatic carbocycles. The van der Waals surface area contributed by atoms with Gasteiger partial charge < -0.3 is 5.32 Å². The van der Waals surface area contributed by atoms with Crippen molar-refractivity contribution in [2.45, 2.75) is 37.1 Å². The number of hydrogen-bond acceptors (Lipinski definition) is 1. The molecule has 15 heavy (non-hydrogen) atoms. The van der Waals surface area contributed by atoms with Crippen molar-refractivity contribution in [3.63, 3.8) is 0 Å². The minimum Gasteiger partial charge on any atom is -0.313 e. The van der Waals surface area contributed by atoms with Crippen molar-refractivity contribution in [2.75, 3.05) is 6.54 Å². The molecule has 0 heterocycles. The summed E-state index contributed by atoms with van der Waals surface area (Å²) in [7, 11) is 0. The van der Waals surface area contributed by atoms with Crippen LogP contribution in [0, 0.1) is 5.82 Å². The SMILES string of the molecule is Fc1ccccc1C1(CNC2CC2)CC1. The zero-order valence-electron chi connectivity index (χ0n) is 8.80. The first-order valence-electron chi connectivity index (χ1n) is 5.79. The molecule has 0 amide bonds. The van der Waals surface area contributed by atoms with Gasteiger partial charge in [-0.05, 0) is 37.3 Å². The molecule has 2 aliphatic rings. The van der Waals surface area contributed by atoms with Gasteiger partial charge in [-0.3, -0.25) is 0 Å². The van der Waals surface area contributed by atoms with Gasteiger partial charge in [-0.2, -0.15) is 0 Å². The summed E-state index contributed by atoms with van der Waals surface area (Å²) in [6.07, 6.45) is 4.86. The Morgan fingerprint density at radius 2 is 2.00 bits per heavy atom. The summed E-state index contributed by atoms with van der Waals surface area (Å²) in [5.41, 5.74) is 1.03. The second kappa shape index (κ2) is 3.31. The third-order valence-electron chi connectivity index (χ3n) is 3.61. The molecule has 0 saturated heterocycles. The van der Waals surface area contributed by atoms with Crippen LogP contribution in [0.4, 0.5) is 4.39 Å². The Labute approximate surface area is 89.7 Å². The van der Waals surface area contributed by atoms with Crippen LogP contribution in [0.3, 0.4) is 0 Å². The van der Waals surface area contributed by atoms with Crippen molar-refractivity contribution < 1.29 is 4.39 Å². The number of rotatable bonds is 4. The normalized spacial score (nSPS) is 22.7. The number of hydrogen-bond donors (Lipinski definition) is 1. The van der Waals surface area contributed by atoms with Crippen LogP contribution in [0.1, 0.15) is 31.2 Å². The third-order valence-corrected chi connectivity index (χ3v) is 3.61. The zero-order valence-corrected chi connectivity index (χ0v) is 8.80. The van der Waals surface area contributed by atoms with E-state index < -0.39 is 0 Å². The van der Waals surface area contributed by atoms with Gasteiger partial charge in [0.05, 0.1) is 0 Å². The molecule has 0 bridgehead atoms. The van der Waals surface area contributed by atoms with Crippen LogP contribution in [0.5, 0.6) is 0 Å². The lowest BCUT2D eigenvalue weighted by atomic mass is 9.95. The molecule has 1 nitrogen and oxygen atoms in total. The van der Waals surface area contributed by atoms with Crippen LogP contribution in [0.2, 0.25) is 0 Å². The molecule has 2 heteroatoms. The molecule has 3 rings (SSSR count). The Balaban J connectivity index is 1.76. The topological polar surface area (TPSA) is 12.0 Å². The van der Waals surface area contributed by atoms with E-state index in [4.69, 9.17) is 0 Å². The number of nitrogens with one attached hydrogen (secondary N) is 1. The average molecular weight is 205 g/mol. The lowest BCUT2D eigenvalue weighted by molar-refractivity contribution is 0.529. The van der Waals surface area contributed by atoms with Crippen LogP contribution in [-0.2, 0) is 5.41 Å². The Hall–Kier alpha value is -0.890. The van der Waals surface area contributed by atoms with E-state index in [1.807, 2.05) is 12.1 Å². The highest BCUT2D eigenvalue weighted by atomic mass is 19.1. The van der Waals surface area contributed by atoms with Gasteiger partial charge >= 0.3 is 0 Å². The molecular weight excluding hydrogens is 189 g/mol. The molecule has 0 spiro atoms. The van der Waals surface area contributed by atoms with Crippen LogP contribution < -0.4 is 5.32 Å². The fraction of sp³-hybridized carbons (Fsp3) is 0.538. The van der Waals surface area contributed by atoms with Crippen molar-refractivity contribution >= 4 is 0 Å². The maximum atomic E-state index is 13.6. The first-order valence-corrected chi connectivity index (χ1v) is 5.79. The smallest absolute Gasteiger partial charge is 0.127 e. The summed E-state index contributed by atoms with van der Waals surface area (Å²) in [6, 6.07) is 7.94. The molecule has 0 atom stereocenters. The highest BCUT2D eigenvalue weighted by molar-refractivity contribution is 5.33. The minimum absolute atomic E-state index is 0.0346. The highest BCUT2D eigenvalue weighted by Gasteiger charge is 2.46. The van der Waals surface area contributed by atoms with Crippen LogP contribution in [0.15, 0.2) is 24.3 Å². The maximum Gasteiger partial charge on any atom is 0.127 e. The summed E-state index contributed by atoms with van der Waals surface area (Å²) < 4.78 is 13.6. The molecule has 0 aliphatic heterocycles. The van der Waals surface area contributed by atoms with Crippen molar-refractivity contribution in [1.29, 1.82) is 0 Å². The second-order valence-electron chi connectivity index (χ2n) is 4.92. The summed E-state index contributed by atoms with van der Waals surface area (Å²) in [5, 5.41) is 3.52. The molecule has 0 aromatic heterocycles. The average Bonchev–Trinajstić information content (AvgIpc) is 3.12. The molecular formula is C13H16FN. The Kier molecular flexibility index (Phi) is 2.06. The first kappa shape index (κ1) is 9.34. The van der Waals surface area contributed by atoms with E-state index in [1.165, 1.54) is 12.8 Å². The fourth-order valence-electron chi connectivity index (χ4n) is 2.21. The monoisotopic (exact) mass is 205 g/mol. The van der Waals surface area contributed by atoms with Crippen molar-refractivity contribution in [3.05, 3.63) is 35.6 Å². The Morgan fingerprint density at radius 1 is 1.27 bits per heavy atom. The van der Waals surface area contributed by atoms with E-state index in [9.17, 15) is 4.39 Å². The summed E-state index contributed by atoms with van der Waals surface area (Å²) in [6.45, 7) is 0.957. The van der Waals surface area contributed by atoms with Gasteiger partial charge in [0.25, 0.3) is 0 Å². The van der Waals surface area contributed by atoms with Crippen LogP contribution >= 0.6 is 0 Å². The molecule has 80 valence electrons. The third kappa shape index (κ3) is 1.78. The van der Waals surface area contributed by atoms with Crippen LogP contribution in [0.25, 0.3) is 0 Å². The molecule has 1 N–H and O–H groups in total. The lowest BCUT2D eigenvalue weighted by Crippen LogP contribution is -2.29. The van der Waals surface area contributed by atoms with Crippen molar-refractivity contribution in [3.8, 4) is 0 Å². The van der Waals surface area contributed by atoms with Crippen molar-refractivity contribution in [2.24, 2.45) is 0 Å². The van der Waals surface area contributed by atoms with E-state index in [2.05, 4.69) is 5.32 Å². The van der Waals surface area contributed by atoms with Gasteiger partial charge in [0.2, 0.25) is 0 Å². The first-order chi connectivity index (χ1) is 7.30. The highest BCUT2D eigenvalue weighted by Crippen LogP contribution is 2.48. The van der Waals surface area contributed by atoms with Crippen molar-refractivity contribution in [1.82, 2.24) is 5.32 Å². The predicted molar refractivity (Wildman–Crippen MR) is 58.3 cm³/mol. The summed E-state index contributed by atoms with van der Waals surface area (Å²) in [4.78, 5) is 0. The number of halogens is 1. The molecule has 1 aromatic carbocycles. The van der Waals surface area contributed by atoms with Gasteiger partial charge in [0.1, 0.15) is 5.82 Å². The molecule has 0 radical (unpaired) electrons. The van der Waals surface area contributed by atoms with Gasteiger partial charge in [-0.15, -0.1) is 0 Å². The molecule has 0 unspecified atom stereocenters. The maximum absolute atomic E-state index is 13.6. The van der Waals surface area contributed by atoms with E-state index >= 15 is 0 Å². The fourth-order valence-corrected chi connectivity index (χ4v) is 2.21. The van der Waals surface area contributed by atoms with Gasteiger partial charge in [-0.1, -0.05) is 18.2 Å². The summed E-state index contributed by atoms with van der Waals surface area (Å²) in [5.74, 6) is -0.0346. The second-order valence-corrected chi connectivity index (χ2v) is 4.92. The van der Waals surface area contributed by atoms with Gasteiger partial charge in [0.15, 0.2) is 0 Å². The molecule has 2 saturated carbocycles. The minimum atomic E-state index is -0.0346. The lowest BCUT2D eigenvalue weighted by Gasteiger charge is -2.17. The van der Waals surface area contributed by atoms with E-state index in [0.29, 0.717) is 6.04 Å². The Bertz CT molecular complexity index is 367. The predicted octanol–water partition coefficient (Wildman–Crippen LogP) is 2.61. The van der Waals surface area contributed by atoms with Gasteiger partial charge in [0, 0.05) is 18.0 Å². The largest absolute Gasteiger partial charge is 0.313 e. The van der Waals surface area contributed by atoms with E-state index in [0.717, 1.165) is 24.9 Å². The van der Waals surface area contributed by atoms with E-state index in [1.54, 1.807) is 12.1 Å². The van der Waals surface area contributed by atoms with E-state index in [-0.39, 0.29) is 11.2 Å². The molecule has 2 fully saturated rings. The zero-order chi connectivity index (χ0) is 10.3. The number of benzene rings is 1. The van der Waals surface area contributed by atoms with Crippen LogP contribution in [-0.4, -0.2) is 12.6 Å². The summed E-state index contributed by atoms with van der Waals surface area (Å²) >= 11 is 0. The quantitative estimate of drug-likeness (QED) is 0.796. The standard InChI is InChI=1S/C13H16FN/c14-12-4-2-1-3-11(12)13(7-8-13)9-15-10-5-6-10/h1-4,10,15H,5-9H2. The molecule has 1 aromatic rings. The Morgan fingerprint density at radius 3 is 2.60 bits per heavy atom. The van der Waals surface area contributed by atoms with Gasteiger partial charge in [-0.25, -0.2) is 4.39 Å².